The number of nitrogens with zero attached hydrogens (tertiary/aromatic N) is 3. The Morgan fingerprint density at radius 1 is 0.947 bits per heavy atom. The van der Waals surface area contributed by atoms with Crippen molar-refractivity contribution >= 4 is 29.5 Å². The van der Waals surface area contributed by atoms with E-state index in [0.717, 1.165) is 31.2 Å². The largest absolute Gasteiger partial charge is 0.474 e. The molecule has 3 fully saturated rings. The van der Waals surface area contributed by atoms with Crippen LogP contribution < -0.4 is 15.0 Å². The summed E-state index contributed by atoms with van der Waals surface area (Å²) in [5.41, 5.74) is 1.55. The fraction of sp³-hybridized carbons (Fsp3) is 0.464. The summed E-state index contributed by atoms with van der Waals surface area (Å²) in [5, 5.41) is 2.30. The summed E-state index contributed by atoms with van der Waals surface area (Å²) in [6.07, 6.45) is 5.35. The average molecular weight is 521 g/mol. The molecule has 2 aliphatic heterocycles. The van der Waals surface area contributed by atoms with Gasteiger partial charge in [-0.3, -0.25) is 24.6 Å². The highest BCUT2D eigenvalue weighted by Crippen LogP contribution is 2.31. The molecule has 10 heteroatoms. The van der Waals surface area contributed by atoms with Crippen molar-refractivity contribution in [3.05, 3.63) is 54.2 Å². The molecule has 1 aromatic carbocycles. The van der Waals surface area contributed by atoms with Crippen molar-refractivity contribution < 1.29 is 28.7 Å². The third kappa shape index (κ3) is 6.12. The van der Waals surface area contributed by atoms with Crippen LogP contribution in [0.3, 0.4) is 0 Å². The minimum absolute atomic E-state index is 0.0346. The number of urea groups is 1. The Kier molecular flexibility index (Phi) is 7.86. The highest BCUT2D eigenvalue weighted by Gasteiger charge is 2.36. The number of ether oxygens (including phenoxy) is 2. The van der Waals surface area contributed by atoms with Crippen LogP contribution in [0.2, 0.25) is 0 Å². The number of likely N-dealkylation sites (tertiary alicyclic amines) is 1. The maximum absolute atomic E-state index is 13.1. The number of benzene rings is 1. The van der Waals surface area contributed by atoms with Crippen molar-refractivity contribution in [2.45, 2.75) is 51.2 Å². The number of anilines is 1. The van der Waals surface area contributed by atoms with E-state index in [1.165, 1.54) is 4.90 Å². The van der Waals surface area contributed by atoms with E-state index in [9.17, 15) is 19.2 Å². The first-order valence-electron chi connectivity index (χ1n) is 13.2. The number of esters is 1. The maximum Gasteiger partial charge on any atom is 0.328 e. The summed E-state index contributed by atoms with van der Waals surface area (Å²) in [6.45, 7) is 1.57. The zero-order valence-electron chi connectivity index (χ0n) is 21.2. The van der Waals surface area contributed by atoms with Crippen molar-refractivity contribution in [1.82, 2.24) is 15.2 Å². The smallest absolute Gasteiger partial charge is 0.328 e. The lowest BCUT2D eigenvalue weighted by Gasteiger charge is -2.30. The molecule has 4 amide bonds. The summed E-state index contributed by atoms with van der Waals surface area (Å²) in [4.78, 5) is 56.6. The van der Waals surface area contributed by atoms with Crippen molar-refractivity contribution in [2.24, 2.45) is 11.8 Å². The Balaban J connectivity index is 1.05. The molecule has 5 rings (SSSR count). The van der Waals surface area contributed by atoms with E-state index in [1.807, 2.05) is 35.2 Å². The van der Waals surface area contributed by atoms with Crippen molar-refractivity contribution in [2.75, 3.05) is 24.5 Å². The van der Waals surface area contributed by atoms with Crippen LogP contribution in [0.1, 0.15) is 44.1 Å². The Labute approximate surface area is 221 Å². The first-order valence-corrected chi connectivity index (χ1v) is 13.2. The van der Waals surface area contributed by atoms with Crippen LogP contribution in [0, 0.1) is 11.8 Å². The number of hydrogen-bond acceptors (Lipinski definition) is 7. The lowest BCUT2D eigenvalue weighted by atomic mass is 9.86. The second kappa shape index (κ2) is 11.6. The molecular formula is C28H32N4O6. The van der Waals surface area contributed by atoms with E-state index >= 15 is 0 Å². The molecule has 1 saturated carbocycles. The summed E-state index contributed by atoms with van der Waals surface area (Å²) in [6, 6.07) is 12.6. The number of pyridine rings is 1. The first kappa shape index (κ1) is 25.7. The van der Waals surface area contributed by atoms with Gasteiger partial charge in [-0.2, -0.15) is 0 Å². The van der Waals surface area contributed by atoms with Crippen LogP contribution >= 0.6 is 0 Å². The van der Waals surface area contributed by atoms with E-state index < -0.39 is 6.03 Å². The zero-order chi connectivity index (χ0) is 26.5. The third-order valence-corrected chi connectivity index (χ3v) is 7.45. The number of hydrogen-bond donors (Lipinski definition) is 1. The molecule has 10 nitrogen and oxygen atoms in total. The van der Waals surface area contributed by atoms with E-state index in [-0.39, 0.29) is 48.8 Å². The molecule has 0 radical (unpaired) electrons. The second-order valence-electron chi connectivity index (χ2n) is 10.1. The summed E-state index contributed by atoms with van der Waals surface area (Å²) >= 11 is 0. The van der Waals surface area contributed by atoms with Crippen molar-refractivity contribution in [3.8, 4) is 5.88 Å². The van der Waals surface area contributed by atoms with Gasteiger partial charge in [0.05, 0.1) is 17.8 Å². The average Bonchev–Trinajstić information content (AvgIpc) is 3.44. The third-order valence-electron chi connectivity index (χ3n) is 7.45. The number of imide groups is 1. The normalized spacial score (nSPS) is 23.6. The van der Waals surface area contributed by atoms with Gasteiger partial charge in [-0.1, -0.05) is 30.3 Å². The van der Waals surface area contributed by atoms with E-state index in [0.29, 0.717) is 37.6 Å². The summed E-state index contributed by atoms with van der Waals surface area (Å²) in [5.74, 6) is -0.276. The van der Waals surface area contributed by atoms with Gasteiger partial charge in [0.25, 0.3) is 0 Å². The fourth-order valence-corrected chi connectivity index (χ4v) is 5.27. The van der Waals surface area contributed by atoms with Crippen LogP contribution in [0.25, 0.3) is 0 Å². The molecule has 1 atom stereocenters. The zero-order valence-corrected chi connectivity index (χ0v) is 21.2. The van der Waals surface area contributed by atoms with Gasteiger partial charge in [-0.05, 0) is 43.7 Å². The van der Waals surface area contributed by atoms with Crippen LogP contribution in [-0.4, -0.2) is 59.4 Å². The summed E-state index contributed by atoms with van der Waals surface area (Å²) < 4.78 is 11.5. The quantitative estimate of drug-likeness (QED) is 0.558. The lowest BCUT2D eigenvalue weighted by Crippen LogP contribution is -2.49. The van der Waals surface area contributed by atoms with Gasteiger partial charge in [0.2, 0.25) is 17.7 Å². The van der Waals surface area contributed by atoms with Crippen LogP contribution in [0.5, 0.6) is 5.88 Å². The molecule has 0 bridgehead atoms. The monoisotopic (exact) mass is 520 g/mol. The van der Waals surface area contributed by atoms with E-state index in [2.05, 4.69) is 10.3 Å². The highest BCUT2D eigenvalue weighted by atomic mass is 16.5. The van der Waals surface area contributed by atoms with Crippen LogP contribution in [0.15, 0.2) is 48.7 Å². The topological polar surface area (TPSA) is 118 Å². The fourth-order valence-electron chi connectivity index (χ4n) is 5.27. The van der Waals surface area contributed by atoms with E-state index in [1.54, 1.807) is 18.3 Å². The first-order chi connectivity index (χ1) is 18.5. The minimum atomic E-state index is -0.451. The molecule has 200 valence electrons. The molecule has 38 heavy (non-hydrogen) atoms. The standard InChI is InChI=1S/C28H32N4O6/c33-24-13-15-32(28(36)30-24)22-8-11-25(29-16-22)38-23-9-6-20(7-10-23)26(34)31-14-12-21(17-31)27(35)37-18-19-4-2-1-3-5-19/h1-5,8,11,16,20-21,23H,6-7,9-10,12-15,17-18H2,(H,30,33,36)/t20-,21-,23-/m1/s1. The van der Waals surface area contributed by atoms with Gasteiger partial charge in [-0.25, -0.2) is 9.78 Å². The Bertz CT molecular complexity index is 1160. The molecule has 1 N–H and O–H groups in total. The number of amides is 4. The molecule has 3 heterocycles. The molecular weight excluding hydrogens is 488 g/mol. The molecule has 3 aliphatic rings. The molecule has 1 aliphatic carbocycles. The predicted molar refractivity (Wildman–Crippen MR) is 137 cm³/mol. The molecule has 1 aromatic heterocycles. The van der Waals surface area contributed by atoms with Crippen LogP contribution in [0.4, 0.5) is 10.5 Å². The molecule has 2 aromatic rings. The maximum atomic E-state index is 13.1. The molecule has 2 saturated heterocycles. The number of carbonyl (C=O) groups is 4. The molecule has 0 spiro atoms. The van der Waals surface area contributed by atoms with E-state index in [4.69, 9.17) is 9.47 Å². The van der Waals surface area contributed by atoms with Gasteiger partial charge >= 0.3 is 12.0 Å². The number of carbonyl (C=O) groups excluding carboxylic acids is 4. The Morgan fingerprint density at radius 3 is 2.45 bits per heavy atom. The number of aromatic nitrogens is 1. The van der Waals surface area contributed by atoms with Crippen molar-refractivity contribution in [1.29, 1.82) is 0 Å². The van der Waals surface area contributed by atoms with Gasteiger partial charge < -0.3 is 14.4 Å². The predicted octanol–water partition coefficient (Wildman–Crippen LogP) is 3.06. The number of nitrogens with one attached hydrogen (secondary N) is 1. The molecule has 0 unspecified atom stereocenters. The van der Waals surface area contributed by atoms with Crippen molar-refractivity contribution in [3.63, 3.8) is 0 Å². The van der Waals surface area contributed by atoms with Gasteiger partial charge in [-0.15, -0.1) is 0 Å². The lowest BCUT2D eigenvalue weighted by molar-refractivity contribution is -0.149. The van der Waals surface area contributed by atoms with Gasteiger partial charge in [0.15, 0.2) is 0 Å². The number of rotatable bonds is 7. The van der Waals surface area contributed by atoms with Gasteiger partial charge in [0, 0.05) is 38.0 Å². The van der Waals surface area contributed by atoms with Crippen LogP contribution in [-0.2, 0) is 25.7 Å². The highest BCUT2D eigenvalue weighted by molar-refractivity contribution is 6.05. The summed E-state index contributed by atoms with van der Waals surface area (Å²) in [7, 11) is 0. The second-order valence-corrected chi connectivity index (χ2v) is 10.1. The minimum Gasteiger partial charge on any atom is -0.474 e. The Morgan fingerprint density at radius 2 is 1.74 bits per heavy atom. The SMILES string of the molecule is O=C1CCN(c2ccc(O[C@H]3CC[C@H](C(=O)N4CC[C@@H](C(=O)OCc5ccccc5)C4)CC3)nc2)C(=O)N1. The van der Waals surface area contributed by atoms with Gasteiger partial charge in [0.1, 0.15) is 12.7 Å². The Hall–Kier alpha value is -3.95.